The molecule has 6 nitrogen and oxygen atoms in total. The van der Waals surface area contributed by atoms with E-state index in [9.17, 15) is 14.7 Å². The average molecular weight is 280 g/mol. The van der Waals surface area contributed by atoms with Gasteiger partial charge in [-0.25, -0.2) is 0 Å². The smallest absolute Gasteiger partial charge is 0.251 e. The van der Waals surface area contributed by atoms with Crippen LogP contribution in [0.4, 0.5) is 0 Å². The third kappa shape index (κ3) is 4.79. The quantitative estimate of drug-likeness (QED) is 0.769. The Morgan fingerprint density at radius 3 is 2.45 bits per heavy atom. The third-order valence-corrected chi connectivity index (χ3v) is 2.36. The largest absolute Gasteiger partial charge is 0.504 e. The summed E-state index contributed by atoms with van der Waals surface area (Å²) < 4.78 is 4.89. The summed E-state index contributed by atoms with van der Waals surface area (Å²) in [5.41, 5.74) is -0.0907. The van der Waals surface area contributed by atoms with Crippen LogP contribution in [0.15, 0.2) is 18.2 Å². The number of phenols is 1. The van der Waals surface area contributed by atoms with Crippen molar-refractivity contribution in [3.8, 4) is 11.5 Å². The van der Waals surface area contributed by atoms with Gasteiger partial charge >= 0.3 is 0 Å². The molecule has 0 unspecified atom stereocenters. The van der Waals surface area contributed by atoms with Crippen LogP contribution < -0.4 is 15.4 Å². The number of phenolic OH excluding ortho intramolecular Hbond substituents is 1. The van der Waals surface area contributed by atoms with Crippen molar-refractivity contribution in [1.82, 2.24) is 10.6 Å². The molecule has 0 radical (unpaired) electrons. The highest BCUT2D eigenvalue weighted by Crippen LogP contribution is 2.25. The van der Waals surface area contributed by atoms with Crippen LogP contribution in [0.2, 0.25) is 0 Å². The Morgan fingerprint density at radius 2 is 1.95 bits per heavy atom. The Bertz CT molecular complexity index is 506. The number of hydrogen-bond acceptors (Lipinski definition) is 4. The molecule has 0 spiro atoms. The maximum absolute atomic E-state index is 11.8. The summed E-state index contributed by atoms with van der Waals surface area (Å²) in [4.78, 5) is 23.4. The lowest BCUT2D eigenvalue weighted by Crippen LogP contribution is -2.45. The summed E-state index contributed by atoms with van der Waals surface area (Å²) >= 11 is 0. The number of rotatable bonds is 4. The van der Waals surface area contributed by atoms with Gasteiger partial charge in [0.1, 0.15) is 0 Å². The van der Waals surface area contributed by atoms with Crippen LogP contribution in [0.1, 0.15) is 31.1 Å². The van der Waals surface area contributed by atoms with E-state index in [1.165, 1.54) is 25.3 Å². The molecule has 1 aromatic rings. The predicted octanol–water partition coefficient (Wildman–Crippen LogP) is 1.05. The van der Waals surface area contributed by atoms with Crippen molar-refractivity contribution in [2.24, 2.45) is 0 Å². The summed E-state index contributed by atoms with van der Waals surface area (Å²) in [6.07, 6.45) is 0. The fraction of sp³-hybridized carbons (Fsp3) is 0.429. The summed E-state index contributed by atoms with van der Waals surface area (Å²) in [5, 5.41) is 14.8. The lowest BCUT2D eigenvalue weighted by molar-refractivity contribution is -0.121. The van der Waals surface area contributed by atoms with Crippen LogP contribution in [0.25, 0.3) is 0 Å². The number of carbonyl (C=O) groups is 2. The van der Waals surface area contributed by atoms with Crippen LogP contribution in [-0.2, 0) is 4.79 Å². The molecule has 0 saturated heterocycles. The van der Waals surface area contributed by atoms with Crippen molar-refractivity contribution < 1.29 is 19.4 Å². The van der Waals surface area contributed by atoms with E-state index in [0.717, 1.165) is 0 Å². The topological polar surface area (TPSA) is 87.7 Å². The SMILES string of the molecule is COc1ccc(C(=O)NCC(=O)NC(C)(C)C)cc1O. The second-order valence-electron chi connectivity index (χ2n) is 5.37. The predicted molar refractivity (Wildman–Crippen MR) is 74.9 cm³/mol. The molecule has 0 saturated carbocycles. The number of methoxy groups -OCH3 is 1. The normalized spacial score (nSPS) is 10.8. The molecule has 0 heterocycles. The van der Waals surface area contributed by atoms with Gasteiger partial charge in [-0.3, -0.25) is 9.59 Å². The van der Waals surface area contributed by atoms with Crippen molar-refractivity contribution in [1.29, 1.82) is 0 Å². The van der Waals surface area contributed by atoms with Gasteiger partial charge in [0, 0.05) is 11.1 Å². The Hall–Kier alpha value is -2.24. The first kappa shape index (κ1) is 15.8. The number of benzene rings is 1. The Kier molecular flexibility index (Phi) is 4.96. The highest BCUT2D eigenvalue weighted by atomic mass is 16.5. The Balaban J connectivity index is 2.59. The van der Waals surface area contributed by atoms with Crippen LogP contribution in [0.5, 0.6) is 11.5 Å². The third-order valence-electron chi connectivity index (χ3n) is 2.36. The van der Waals surface area contributed by atoms with Crippen LogP contribution in [-0.4, -0.2) is 36.1 Å². The van der Waals surface area contributed by atoms with Crippen LogP contribution >= 0.6 is 0 Å². The monoisotopic (exact) mass is 280 g/mol. The number of nitrogens with one attached hydrogen (secondary N) is 2. The van der Waals surface area contributed by atoms with Crippen molar-refractivity contribution in [3.05, 3.63) is 23.8 Å². The number of amides is 2. The van der Waals surface area contributed by atoms with Crippen LogP contribution in [0, 0.1) is 0 Å². The maximum atomic E-state index is 11.8. The van der Waals surface area contributed by atoms with Gasteiger partial charge in [-0.2, -0.15) is 0 Å². The summed E-state index contributed by atoms with van der Waals surface area (Å²) in [6.45, 7) is 5.44. The van der Waals surface area contributed by atoms with Gasteiger partial charge < -0.3 is 20.5 Å². The fourth-order valence-electron chi connectivity index (χ4n) is 1.56. The molecule has 2 amide bonds. The molecule has 1 rings (SSSR count). The second kappa shape index (κ2) is 6.27. The van der Waals surface area contributed by atoms with Crippen molar-refractivity contribution >= 4 is 11.8 Å². The van der Waals surface area contributed by atoms with Gasteiger partial charge in [0.2, 0.25) is 5.91 Å². The zero-order valence-corrected chi connectivity index (χ0v) is 12.1. The van der Waals surface area contributed by atoms with E-state index in [-0.39, 0.29) is 35.1 Å². The van der Waals surface area contributed by atoms with Crippen LogP contribution in [0.3, 0.4) is 0 Å². The van der Waals surface area contributed by atoms with Gasteiger partial charge in [-0.15, -0.1) is 0 Å². The minimum atomic E-state index is -0.438. The first-order valence-electron chi connectivity index (χ1n) is 6.19. The summed E-state index contributed by atoms with van der Waals surface area (Å²) in [6, 6.07) is 4.28. The number of aromatic hydroxyl groups is 1. The molecule has 0 aliphatic heterocycles. The molecule has 110 valence electrons. The summed E-state index contributed by atoms with van der Waals surface area (Å²) in [7, 11) is 1.42. The van der Waals surface area contributed by atoms with E-state index in [1.54, 1.807) is 0 Å². The molecule has 1 aromatic carbocycles. The molecule has 0 fully saturated rings. The zero-order valence-electron chi connectivity index (χ0n) is 12.1. The average Bonchev–Trinajstić information content (AvgIpc) is 2.33. The van der Waals surface area contributed by atoms with Crippen molar-refractivity contribution in [3.63, 3.8) is 0 Å². The maximum Gasteiger partial charge on any atom is 0.251 e. The molecule has 0 bridgehead atoms. The van der Waals surface area contributed by atoms with Gasteiger partial charge in [0.25, 0.3) is 5.91 Å². The van der Waals surface area contributed by atoms with E-state index in [2.05, 4.69) is 10.6 Å². The van der Waals surface area contributed by atoms with Gasteiger partial charge in [-0.05, 0) is 39.0 Å². The van der Waals surface area contributed by atoms with Gasteiger partial charge in [0.15, 0.2) is 11.5 Å². The van der Waals surface area contributed by atoms with E-state index in [0.29, 0.717) is 0 Å². The van der Waals surface area contributed by atoms with Crippen molar-refractivity contribution in [2.45, 2.75) is 26.3 Å². The molecule has 0 aliphatic carbocycles. The molecule has 20 heavy (non-hydrogen) atoms. The molecule has 0 aromatic heterocycles. The molecule has 6 heteroatoms. The van der Waals surface area contributed by atoms with E-state index in [4.69, 9.17) is 4.74 Å². The first-order chi connectivity index (χ1) is 9.23. The molecule has 0 aliphatic rings. The highest BCUT2D eigenvalue weighted by molar-refractivity contribution is 5.97. The number of ether oxygens (including phenoxy) is 1. The van der Waals surface area contributed by atoms with Gasteiger partial charge in [-0.1, -0.05) is 0 Å². The lowest BCUT2D eigenvalue weighted by atomic mass is 10.1. The van der Waals surface area contributed by atoms with Crippen molar-refractivity contribution in [2.75, 3.05) is 13.7 Å². The first-order valence-corrected chi connectivity index (χ1v) is 6.19. The molecule has 0 atom stereocenters. The minimum Gasteiger partial charge on any atom is -0.504 e. The summed E-state index contributed by atoms with van der Waals surface area (Å²) in [5.74, 6) is -0.554. The molecular weight excluding hydrogens is 260 g/mol. The molecular formula is C14H20N2O4. The highest BCUT2D eigenvalue weighted by Gasteiger charge is 2.15. The number of hydrogen-bond donors (Lipinski definition) is 3. The second-order valence-corrected chi connectivity index (χ2v) is 5.37. The fourth-order valence-corrected chi connectivity index (χ4v) is 1.56. The standard InChI is InChI=1S/C14H20N2O4/c1-14(2,3)16-12(18)8-15-13(19)9-5-6-11(20-4)10(17)7-9/h5-7,17H,8H2,1-4H3,(H,15,19)(H,16,18). The van der Waals surface area contributed by atoms with E-state index >= 15 is 0 Å². The zero-order chi connectivity index (χ0) is 15.3. The van der Waals surface area contributed by atoms with E-state index < -0.39 is 5.91 Å². The minimum absolute atomic E-state index is 0.122. The molecule has 3 N–H and O–H groups in total. The Labute approximate surface area is 118 Å². The number of carbonyl (C=O) groups excluding carboxylic acids is 2. The Morgan fingerprint density at radius 1 is 1.30 bits per heavy atom. The van der Waals surface area contributed by atoms with Gasteiger partial charge in [0.05, 0.1) is 13.7 Å². The lowest BCUT2D eigenvalue weighted by Gasteiger charge is -2.20. The van der Waals surface area contributed by atoms with E-state index in [1.807, 2.05) is 20.8 Å².